The zero-order valence-electron chi connectivity index (χ0n) is 13.8. The summed E-state index contributed by atoms with van der Waals surface area (Å²) in [4.78, 5) is 22.4. The van der Waals surface area contributed by atoms with Crippen molar-refractivity contribution in [3.8, 4) is 5.75 Å². The lowest BCUT2D eigenvalue weighted by Gasteiger charge is -2.21. The van der Waals surface area contributed by atoms with Crippen LogP contribution in [0, 0.1) is 0 Å². The van der Waals surface area contributed by atoms with Gasteiger partial charge in [-0.2, -0.15) is 0 Å². The topological polar surface area (TPSA) is 136 Å². The number of alkyl carbamates (subject to hydrolysis) is 1. The van der Waals surface area contributed by atoms with Crippen molar-refractivity contribution >= 4 is 12.1 Å². The van der Waals surface area contributed by atoms with Crippen molar-refractivity contribution < 1.29 is 34.8 Å². The normalized spacial score (nSPS) is 13.9. The smallest absolute Gasteiger partial charge is 0.407 e. The number of hydrogen-bond donors (Lipinski definition) is 5. The Kier molecular flexibility index (Phi) is 6.56. The molecular weight excluding hydrogens is 318 g/mol. The van der Waals surface area contributed by atoms with E-state index in [1.165, 1.54) is 6.07 Å². The average molecular weight is 341 g/mol. The molecule has 0 aliphatic heterocycles. The molecule has 8 nitrogen and oxygen atoms in total. The van der Waals surface area contributed by atoms with E-state index in [1.54, 1.807) is 20.8 Å². The van der Waals surface area contributed by atoms with Crippen molar-refractivity contribution in [1.82, 2.24) is 5.32 Å². The molecule has 5 N–H and O–H groups in total. The van der Waals surface area contributed by atoms with Gasteiger partial charge >= 0.3 is 12.1 Å². The third-order valence-corrected chi connectivity index (χ3v) is 3.07. The minimum atomic E-state index is -1.50. The van der Waals surface area contributed by atoms with Gasteiger partial charge in [0.05, 0.1) is 11.7 Å². The highest BCUT2D eigenvalue weighted by molar-refractivity contribution is 5.88. The Hall–Kier alpha value is -2.32. The maximum absolute atomic E-state index is 11.5. The number of aliphatic hydroxyl groups excluding tert-OH is 2. The van der Waals surface area contributed by atoms with Crippen LogP contribution in [0.25, 0.3) is 0 Å². The van der Waals surface area contributed by atoms with Crippen LogP contribution in [0.2, 0.25) is 0 Å². The number of phenols is 1. The first-order valence-corrected chi connectivity index (χ1v) is 7.40. The molecule has 0 saturated heterocycles. The number of hydrogen-bond acceptors (Lipinski definition) is 6. The number of carbonyl (C=O) groups excluding carboxylic acids is 1. The number of carbonyl (C=O) groups is 2. The molecular formula is C16H23NO7. The van der Waals surface area contributed by atoms with Crippen LogP contribution >= 0.6 is 0 Å². The maximum Gasteiger partial charge on any atom is 0.407 e. The molecule has 0 aromatic heterocycles. The number of nitrogens with one attached hydrogen (secondary N) is 1. The van der Waals surface area contributed by atoms with Crippen molar-refractivity contribution in [2.24, 2.45) is 0 Å². The van der Waals surface area contributed by atoms with Gasteiger partial charge in [-0.3, -0.25) is 0 Å². The van der Waals surface area contributed by atoms with E-state index in [2.05, 4.69) is 5.32 Å². The molecule has 2 unspecified atom stereocenters. The molecule has 1 aromatic carbocycles. The first kappa shape index (κ1) is 19.7. The van der Waals surface area contributed by atoms with E-state index < -0.39 is 29.9 Å². The van der Waals surface area contributed by atoms with Gasteiger partial charge in [0.25, 0.3) is 0 Å². The van der Waals surface area contributed by atoms with E-state index >= 15 is 0 Å². The van der Waals surface area contributed by atoms with Crippen LogP contribution in [0.5, 0.6) is 5.75 Å². The summed E-state index contributed by atoms with van der Waals surface area (Å²) in [6, 6.07) is 3.41. The van der Waals surface area contributed by atoms with E-state index in [-0.39, 0.29) is 29.8 Å². The summed E-state index contributed by atoms with van der Waals surface area (Å²) in [6.45, 7) is 5.17. The van der Waals surface area contributed by atoms with Crippen molar-refractivity contribution in [1.29, 1.82) is 0 Å². The summed E-state index contributed by atoms with van der Waals surface area (Å²) in [5.41, 5.74) is -0.869. The number of rotatable bonds is 6. The number of aromatic carboxylic acids is 1. The van der Waals surface area contributed by atoms with Gasteiger partial charge in [0.15, 0.2) is 0 Å². The monoisotopic (exact) mass is 341 g/mol. The molecule has 0 bridgehead atoms. The van der Waals surface area contributed by atoms with Crippen LogP contribution in [-0.4, -0.2) is 50.7 Å². The largest absolute Gasteiger partial charge is 0.508 e. The fraction of sp³-hybridized carbons (Fsp3) is 0.500. The number of carboxylic acid groups (broad SMARTS) is 1. The molecule has 2 atom stereocenters. The zero-order valence-corrected chi connectivity index (χ0v) is 13.8. The predicted molar refractivity (Wildman–Crippen MR) is 84.9 cm³/mol. The van der Waals surface area contributed by atoms with E-state index in [4.69, 9.17) is 9.84 Å². The number of aromatic hydroxyl groups is 1. The number of carboxylic acids is 1. The molecule has 0 spiro atoms. The average Bonchev–Trinajstić information content (AvgIpc) is 2.44. The Morgan fingerprint density at radius 2 is 1.88 bits per heavy atom. The molecule has 1 amide bonds. The fourth-order valence-corrected chi connectivity index (χ4v) is 1.93. The van der Waals surface area contributed by atoms with Crippen molar-refractivity contribution in [2.45, 2.75) is 45.0 Å². The molecule has 8 heteroatoms. The van der Waals surface area contributed by atoms with Crippen LogP contribution < -0.4 is 5.32 Å². The lowest BCUT2D eigenvalue weighted by molar-refractivity contribution is 0.0110. The predicted octanol–water partition coefficient (Wildman–Crippen LogP) is 1.40. The van der Waals surface area contributed by atoms with Gasteiger partial charge in [-0.05, 0) is 45.4 Å². The van der Waals surface area contributed by atoms with Crippen molar-refractivity contribution in [3.63, 3.8) is 0 Å². The quantitative estimate of drug-likeness (QED) is 0.527. The van der Waals surface area contributed by atoms with Gasteiger partial charge in [-0.15, -0.1) is 0 Å². The summed E-state index contributed by atoms with van der Waals surface area (Å²) in [5, 5.41) is 41.1. The standard InChI is InChI=1S/C16H23NO7/c1-16(2,3)24-15(23)17-7-6-12(19)13(20)10-8-9(14(21)22)4-5-11(10)18/h4-5,8,12-13,18-20H,6-7H2,1-3H3,(H,17,23)(H,21,22). The van der Waals surface area contributed by atoms with Crippen LogP contribution in [0.1, 0.15) is 49.2 Å². The van der Waals surface area contributed by atoms with Gasteiger partial charge in [0, 0.05) is 12.1 Å². The molecule has 1 rings (SSSR count). The third kappa shape index (κ3) is 6.05. The van der Waals surface area contributed by atoms with E-state index in [9.17, 15) is 24.9 Å². The van der Waals surface area contributed by atoms with E-state index in [0.29, 0.717) is 0 Å². The molecule has 0 heterocycles. The summed E-state index contributed by atoms with van der Waals surface area (Å²) >= 11 is 0. The number of phenolic OH excluding ortho intramolecular Hbond substituents is 1. The minimum absolute atomic E-state index is 0.0167. The first-order valence-electron chi connectivity index (χ1n) is 7.40. The Morgan fingerprint density at radius 1 is 1.25 bits per heavy atom. The van der Waals surface area contributed by atoms with Gasteiger partial charge in [-0.25, -0.2) is 9.59 Å². The molecule has 24 heavy (non-hydrogen) atoms. The highest BCUT2D eigenvalue weighted by Gasteiger charge is 2.23. The summed E-state index contributed by atoms with van der Waals surface area (Å²) in [7, 11) is 0. The van der Waals surface area contributed by atoms with Crippen LogP contribution in [-0.2, 0) is 4.74 Å². The third-order valence-electron chi connectivity index (χ3n) is 3.07. The molecule has 0 aliphatic carbocycles. The second kappa shape index (κ2) is 7.98. The maximum atomic E-state index is 11.5. The highest BCUT2D eigenvalue weighted by atomic mass is 16.6. The second-order valence-electron chi connectivity index (χ2n) is 6.31. The number of amides is 1. The molecule has 134 valence electrons. The molecule has 0 saturated carbocycles. The van der Waals surface area contributed by atoms with Crippen LogP contribution in [0.4, 0.5) is 4.79 Å². The summed E-state index contributed by atoms with van der Waals surface area (Å²) < 4.78 is 5.03. The SMILES string of the molecule is CC(C)(C)OC(=O)NCCC(O)C(O)c1cc(C(=O)O)ccc1O. The lowest BCUT2D eigenvalue weighted by atomic mass is 9.99. The van der Waals surface area contributed by atoms with Crippen molar-refractivity contribution in [3.05, 3.63) is 29.3 Å². The Labute approximate surface area is 139 Å². The Morgan fingerprint density at radius 3 is 2.42 bits per heavy atom. The van der Waals surface area contributed by atoms with Crippen molar-refractivity contribution in [2.75, 3.05) is 6.54 Å². The second-order valence-corrected chi connectivity index (χ2v) is 6.31. The van der Waals surface area contributed by atoms with E-state index in [1.807, 2.05) is 0 Å². The molecule has 0 fully saturated rings. The number of aliphatic hydroxyl groups is 2. The lowest BCUT2D eigenvalue weighted by Crippen LogP contribution is -2.34. The van der Waals surface area contributed by atoms with Crippen LogP contribution in [0.15, 0.2) is 18.2 Å². The van der Waals surface area contributed by atoms with Crippen LogP contribution in [0.3, 0.4) is 0 Å². The molecule has 0 aliphatic rings. The molecule has 1 aromatic rings. The zero-order chi connectivity index (χ0) is 18.5. The fourth-order valence-electron chi connectivity index (χ4n) is 1.93. The number of ether oxygens (including phenoxy) is 1. The summed E-state index contributed by atoms with van der Waals surface area (Å²) in [5.74, 6) is -1.55. The summed E-state index contributed by atoms with van der Waals surface area (Å²) in [6.07, 6.45) is -3.48. The highest BCUT2D eigenvalue weighted by Crippen LogP contribution is 2.28. The first-order chi connectivity index (χ1) is 11.0. The number of benzene rings is 1. The molecule has 0 radical (unpaired) electrons. The van der Waals surface area contributed by atoms with E-state index in [0.717, 1.165) is 12.1 Å². The van der Waals surface area contributed by atoms with Gasteiger partial charge in [0.2, 0.25) is 0 Å². The van der Waals surface area contributed by atoms with Gasteiger partial charge < -0.3 is 30.5 Å². The Balaban J connectivity index is 2.62. The minimum Gasteiger partial charge on any atom is -0.508 e. The van der Waals surface area contributed by atoms with Gasteiger partial charge in [-0.1, -0.05) is 0 Å². The Bertz CT molecular complexity index is 595. The van der Waals surface area contributed by atoms with Gasteiger partial charge in [0.1, 0.15) is 17.5 Å².